The van der Waals surface area contributed by atoms with E-state index in [0.717, 1.165) is 19.4 Å². The molecule has 0 bridgehead atoms. The Balaban J connectivity index is 3.45. The SMILES string of the molecule is Cn1ccnc1[C@@](O)(CC(=O)O)C(F)(F)C(F)(F)F. The molecule has 0 spiro atoms. The molecule has 1 atom stereocenters. The fourth-order valence-electron chi connectivity index (χ4n) is 1.55. The van der Waals surface area contributed by atoms with Gasteiger partial charge in [0.15, 0.2) is 0 Å². The van der Waals surface area contributed by atoms with Crippen LogP contribution in [0.1, 0.15) is 12.2 Å². The summed E-state index contributed by atoms with van der Waals surface area (Å²) in [5, 5.41) is 18.1. The van der Waals surface area contributed by atoms with Crippen LogP contribution in [0.25, 0.3) is 0 Å². The Hall–Kier alpha value is -1.71. The maximum Gasteiger partial charge on any atom is 0.456 e. The Kier molecular flexibility index (Phi) is 3.59. The van der Waals surface area contributed by atoms with Crippen LogP contribution < -0.4 is 0 Å². The first-order valence-corrected chi connectivity index (χ1v) is 4.80. The van der Waals surface area contributed by atoms with Crippen molar-refractivity contribution in [2.45, 2.75) is 24.1 Å². The molecule has 0 saturated carbocycles. The number of carbonyl (C=O) groups is 1. The van der Waals surface area contributed by atoms with Crippen molar-refractivity contribution in [3.63, 3.8) is 0 Å². The molecule has 0 fully saturated rings. The molecule has 5 nitrogen and oxygen atoms in total. The number of carboxylic acids is 1. The third-order valence-corrected chi connectivity index (χ3v) is 2.47. The molecule has 0 aliphatic heterocycles. The highest BCUT2D eigenvalue weighted by Crippen LogP contribution is 2.49. The van der Waals surface area contributed by atoms with Crippen molar-refractivity contribution in [2.75, 3.05) is 0 Å². The topological polar surface area (TPSA) is 75.3 Å². The summed E-state index contributed by atoms with van der Waals surface area (Å²) in [6.45, 7) is 0. The second-order valence-electron chi connectivity index (χ2n) is 3.86. The fraction of sp³-hybridized carbons (Fsp3) is 0.556. The average molecular weight is 288 g/mol. The maximum atomic E-state index is 13.4. The van der Waals surface area contributed by atoms with Gasteiger partial charge >= 0.3 is 18.1 Å². The minimum absolute atomic E-state index is 0.697. The van der Waals surface area contributed by atoms with Crippen LogP contribution in [0.4, 0.5) is 22.0 Å². The van der Waals surface area contributed by atoms with Gasteiger partial charge in [-0.15, -0.1) is 0 Å². The summed E-state index contributed by atoms with van der Waals surface area (Å²) in [5.41, 5.74) is -3.99. The molecule has 10 heteroatoms. The second kappa shape index (κ2) is 4.44. The number of aromatic nitrogens is 2. The van der Waals surface area contributed by atoms with Crippen molar-refractivity contribution >= 4 is 5.97 Å². The molecule has 0 radical (unpaired) electrons. The minimum Gasteiger partial charge on any atom is -0.481 e. The molecule has 1 rings (SSSR count). The van der Waals surface area contributed by atoms with Gasteiger partial charge in [-0.25, -0.2) is 4.98 Å². The van der Waals surface area contributed by atoms with Crippen molar-refractivity contribution < 1.29 is 37.0 Å². The van der Waals surface area contributed by atoms with Crippen molar-refractivity contribution in [3.8, 4) is 0 Å². The first-order valence-electron chi connectivity index (χ1n) is 4.80. The lowest BCUT2D eigenvalue weighted by molar-refractivity contribution is -0.348. The van der Waals surface area contributed by atoms with Crippen LogP contribution >= 0.6 is 0 Å². The molecule has 0 aliphatic carbocycles. The van der Waals surface area contributed by atoms with Crippen LogP contribution in [0.3, 0.4) is 0 Å². The molecule has 0 aromatic carbocycles. The van der Waals surface area contributed by atoms with E-state index in [1.54, 1.807) is 0 Å². The number of rotatable bonds is 4. The van der Waals surface area contributed by atoms with Gasteiger partial charge in [-0.2, -0.15) is 22.0 Å². The summed E-state index contributed by atoms with van der Waals surface area (Å²) in [4.78, 5) is 13.7. The van der Waals surface area contributed by atoms with E-state index < -0.39 is 35.9 Å². The molecule has 1 heterocycles. The predicted octanol–water partition coefficient (Wildman–Crippen LogP) is 1.28. The van der Waals surface area contributed by atoms with Gasteiger partial charge in [-0.1, -0.05) is 0 Å². The molecule has 19 heavy (non-hydrogen) atoms. The molecule has 2 N–H and O–H groups in total. The largest absolute Gasteiger partial charge is 0.481 e. The number of aryl methyl sites for hydroxylation is 1. The van der Waals surface area contributed by atoms with Gasteiger partial charge in [0.25, 0.3) is 0 Å². The lowest BCUT2D eigenvalue weighted by atomic mass is 9.90. The number of carboxylic acid groups (broad SMARTS) is 1. The summed E-state index contributed by atoms with van der Waals surface area (Å²) in [7, 11) is 1.06. The zero-order valence-electron chi connectivity index (χ0n) is 9.45. The van der Waals surface area contributed by atoms with Gasteiger partial charge in [0.05, 0.1) is 6.42 Å². The average Bonchev–Trinajstić information content (AvgIpc) is 2.61. The highest BCUT2D eigenvalue weighted by atomic mass is 19.4. The van der Waals surface area contributed by atoms with E-state index >= 15 is 0 Å². The zero-order chi connectivity index (χ0) is 15.1. The number of nitrogens with zero attached hydrogens (tertiary/aromatic N) is 2. The minimum atomic E-state index is -6.12. The van der Waals surface area contributed by atoms with Crippen molar-refractivity contribution in [3.05, 3.63) is 18.2 Å². The molecular weight excluding hydrogens is 279 g/mol. The predicted molar refractivity (Wildman–Crippen MR) is 50.4 cm³/mol. The van der Waals surface area contributed by atoms with E-state index in [1.165, 1.54) is 0 Å². The Morgan fingerprint density at radius 3 is 2.21 bits per heavy atom. The van der Waals surface area contributed by atoms with Gasteiger partial charge in [-0.05, 0) is 0 Å². The third kappa shape index (κ3) is 2.39. The van der Waals surface area contributed by atoms with E-state index in [4.69, 9.17) is 5.11 Å². The molecule has 108 valence electrons. The van der Waals surface area contributed by atoms with E-state index in [1.807, 2.05) is 0 Å². The quantitative estimate of drug-likeness (QED) is 0.818. The number of imidazole rings is 1. The Labute approximate surface area is 103 Å². The summed E-state index contributed by atoms with van der Waals surface area (Å²) in [6, 6.07) is 0. The zero-order valence-corrected chi connectivity index (χ0v) is 9.45. The van der Waals surface area contributed by atoms with Crippen LogP contribution in [-0.4, -0.2) is 37.8 Å². The van der Waals surface area contributed by atoms with Crippen LogP contribution in [0.2, 0.25) is 0 Å². The number of alkyl halides is 5. The summed E-state index contributed by atoms with van der Waals surface area (Å²) < 4.78 is 64.6. The standard InChI is InChI=1S/C9H9F5N2O3/c1-16-3-2-15-6(16)7(19,4-5(17)18)8(10,11)9(12,13)14/h2-3,19H,4H2,1H3,(H,17,18)/t7-/m0/s1. The summed E-state index contributed by atoms with van der Waals surface area (Å²) >= 11 is 0. The smallest absolute Gasteiger partial charge is 0.456 e. The van der Waals surface area contributed by atoms with Crippen LogP contribution in [-0.2, 0) is 17.4 Å². The Morgan fingerprint density at radius 2 is 1.89 bits per heavy atom. The Morgan fingerprint density at radius 1 is 1.37 bits per heavy atom. The van der Waals surface area contributed by atoms with Crippen LogP contribution in [0.5, 0.6) is 0 Å². The fourth-order valence-corrected chi connectivity index (χ4v) is 1.55. The van der Waals surface area contributed by atoms with Gasteiger partial charge in [0.2, 0.25) is 5.60 Å². The molecule has 1 aromatic rings. The van der Waals surface area contributed by atoms with Crippen molar-refractivity contribution in [1.29, 1.82) is 0 Å². The highest BCUT2D eigenvalue weighted by Gasteiger charge is 2.72. The van der Waals surface area contributed by atoms with E-state index in [2.05, 4.69) is 4.98 Å². The molecule has 0 unspecified atom stereocenters. The van der Waals surface area contributed by atoms with E-state index in [9.17, 15) is 31.9 Å². The summed E-state index contributed by atoms with van der Waals surface area (Å²) in [5.74, 6) is -8.77. The Bertz CT molecular complexity index is 484. The lowest BCUT2D eigenvalue weighted by Crippen LogP contribution is -2.56. The lowest BCUT2D eigenvalue weighted by Gasteiger charge is -2.34. The molecule has 0 saturated heterocycles. The highest BCUT2D eigenvalue weighted by molar-refractivity contribution is 5.68. The number of hydrogen-bond acceptors (Lipinski definition) is 3. The van der Waals surface area contributed by atoms with Gasteiger partial charge in [0, 0.05) is 19.4 Å². The first kappa shape index (κ1) is 15.3. The van der Waals surface area contributed by atoms with Crippen LogP contribution in [0, 0.1) is 0 Å². The van der Waals surface area contributed by atoms with E-state index in [0.29, 0.717) is 4.57 Å². The maximum absolute atomic E-state index is 13.4. The summed E-state index contributed by atoms with van der Waals surface area (Å²) in [6.07, 6.45) is -6.09. The van der Waals surface area contributed by atoms with Gasteiger partial charge in [-0.3, -0.25) is 4.79 Å². The van der Waals surface area contributed by atoms with Crippen LogP contribution in [0.15, 0.2) is 12.4 Å². The molecule has 0 aliphatic rings. The molecule has 0 amide bonds. The monoisotopic (exact) mass is 288 g/mol. The van der Waals surface area contributed by atoms with Gasteiger partial charge in [0.1, 0.15) is 5.82 Å². The molecule has 1 aromatic heterocycles. The third-order valence-electron chi connectivity index (χ3n) is 2.47. The number of aliphatic hydroxyl groups is 1. The van der Waals surface area contributed by atoms with Gasteiger partial charge < -0.3 is 14.8 Å². The van der Waals surface area contributed by atoms with Crippen molar-refractivity contribution in [2.24, 2.45) is 7.05 Å². The normalized spacial score (nSPS) is 16.2. The number of hydrogen-bond donors (Lipinski definition) is 2. The van der Waals surface area contributed by atoms with Crippen molar-refractivity contribution in [1.82, 2.24) is 9.55 Å². The molecular formula is C9H9F5N2O3. The second-order valence-corrected chi connectivity index (χ2v) is 3.86. The first-order chi connectivity index (χ1) is 8.43. The van der Waals surface area contributed by atoms with E-state index in [-0.39, 0.29) is 0 Å². The number of aliphatic carboxylic acids is 1. The number of halogens is 5.